The summed E-state index contributed by atoms with van der Waals surface area (Å²) in [4.78, 5) is 28.1. The monoisotopic (exact) mass is 424 g/mol. The minimum Gasteiger partial charge on any atom is -0.467 e. The Balaban J connectivity index is 1.33. The summed E-state index contributed by atoms with van der Waals surface area (Å²) in [6.45, 7) is 1.70. The molecule has 30 heavy (non-hydrogen) atoms. The molecule has 1 aliphatic heterocycles. The molecule has 2 N–H and O–H groups in total. The standard InChI is InChI=1S/C22H24N4O3S/c1-30-20-7-3-2-6-17(20)22(28)26-10-8-15(9-11-26)18-13-19(25-24-18)21(27)23-14-16-5-4-12-29-16/h2-7,12-13,15H,8-11,14H2,1H3,(H,23,27)(H,24,25). The molecule has 0 bridgehead atoms. The lowest BCUT2D eigenvalue weighted by Gasteiger charge is -2.32. The first-order valence-corrected chi connectivity index (χ1v) is 11.2. The van der Waals surface area contributed by atoms with Crippen LogP contribution >= 0.6 is 11.8 Å². The summed E-state index contributed by atoms with van der Waals surface area (Å²) in [7, 11) is 0. The Hall–Kier alpha value is -3.00. The predicted molar refractivity (Wildman–Crippen MR) is 115 cm³/mol. The Bertz CT molecular complexity index is 1010. The Morgan fingerprint density at radius 1 is 1.23 bits per heavy atom. The first kappa shape index (κ1) is 20.3. The fraction of sp³-hybridized carbons (Fsp3) is 0.318. The highest BCUT2D eigenvalue weighted by Gasteiger charge is 2.27. The molecule has 0 aliphatic carbocycles. The van der Waals surface area contributed by atoms with Crippen LogP contribution in [0.4, 0.5) is 0 Å². The Labute approximate surface area is 179 Å². The third kappa shape index (κ3) is 4.43. The van der Waals surface area contributed by atoms with Crippen LogP contribution in [0.3, 0.4) is 0 Å². The van der Waals surface area contributed by atoms with E-state index in [0.717, 1.165) is 29.0 Å². The number of nitrogens with one attached hydrogen (secondary N) is 2. The molecule has 1 fully saturated rings. The number of thioether (sulfide) groups is 1. The molecule has 2 amide bonds. The number of furan rings is 1. The number of hydrogen-bond donors (Lipinski definition) is 2. The summed E-state index contributed by atoms with van der Waals surface area (Å²) >= 11 is 1.59. The lowest BCUT2D eigenvalue weighted by molar-refractivity contribution is 0.0708. The second-order valence-electron chi connectivity index (χ2n) is 7.24. The average Bonchev–Trinajstić information content (AvgIpc) is 3.49. The molecule has 8 heteroatoms. The van der Waals surface area contributed by atoms with Crippen molar-refractivity contribution < 1.29 is 14.0 Å². The van der Waals surface area contributed by atoms with Gasteiger partial charge in [-0.1, -0.05) is 12.1 Å². The lowest BCUT2D eigenvalue weighted by Crippen LogP contribution is -2.38. The first-order chi connectivity index (χ1) is 14.7. The van der Waals surface area contributed by atoms with Gasteiger partial charge in [-0.25, -0.2) is 0 Å². The van der Waals surface area contributed by atoms with Crippen molar-refractivity contribution in [2.24, 2.45) is 0 Å². The number of H-pyrrole nitrogens is 1. The topological polar surface area (TPSA) is 91.2 Å². The molecular formula is C22H24N4O3S. The van der Waals surface area contributed by atoms with E-state index >= 15 is 0 Å². The van der Waals surface area contributed by atoms with Crippen LogP contribution in [0.25, 0.3) is 0 Å². The molecule has 2 aromatic heterocycles. The molecule has 7 nitrogen and oxygen atoms in total. The van der Waals surface area contributed by atoms with E-state index in [9.17, 15) is 9.59 Å². The number of aromatic amines is 1. The summed E-state index contributed by atoms with van der Waals surface area (Å²) in [5.41, 5.74) is 2.07. The summed E-state index contributed by atoms with van der Waals surface area (Å²) in [6.07, 6.45) is 5.23. The molecule has 0 spiro atoms. The van der Waals surface area contributed by atoms with Crippen LogP contribution in [0.5, 0.6) is 0 Å². The number of likely N-dealkylation sites (tertiary alicyclic amines) is 1. The predicted octanol–water partition coefficient (Wildman–Crippen LogP) is 3.67. The average molecular weight is 425 g/mol. The smallest absolute Gasteiger partial charge is 0.272 e. The molecule has 0 atom stereocenters. The van der Waals surface area contributed by atoms with E-state index in [0.29, 0.717) is 31.1 Å². The summed E-state index contributed by atoms with van der Waals surface area (Å²) in [6, 6.07) is 13.1. The van der Waals surface area contributed by atoms with Crippen molar-refractivity contribution in [1.82, 2.24) is 20.4 Å². The zero-order valence-corrected chi connectivity index (χ0v) is 17.6. The molecule has 1 saturated heterocycles. The zero-order valence-electron chi connectivity index (χ0n) is 16.8. The van der Waals surface area contributed by atoms with Crippen molar-refractivity contribution in [2.45, 2.75) is 30.2 Å². The second-order valence-corrected chi connectivity index (χ2v) is 8.09. The molecule has 3 heterocycles. The molecule has 0 saturated carbocycles. The van der Waals surface area contributed by atoms with Crippen LogP contribution in [0.15, 0.2) is 58.0 Å². The summed E-state index contributed by atoms with van der Waals surface area (Å²) < 4.78 is 5.22. The number of aromatic nitrogens is 2. The maximum Gasteiger partial charge on any atom is 0.272 e. The maximum absolute atomic E-state index is 12.9. The summed E-state index contributed by atoms with van der Waals surface area (Å²) in [5, 5.41) is 9.97. The largest absolute Gasteiger partial charge is 0.467 e. The number of amides is 2. The van der Waals surface area contributed by atoms with Crippen molar-refractivity contribution in [3.8, 4) is 0 Å². The zero-order chi connectivity index (χ0) is 20.9. The number of carbonyl (C=O) groups excluding carboxylic acids is 2. The fourth-order valence-electron chi connectivity index (χ4n) is 3.72. The van der Waals surface area contributed by atoms with Crippen molar-refractivity contribution in [2.75, 3.05) is 19.3 Å². The lowest BCUT2D eigenvalue weighted by atomic mass is 9.93. The van der Waals surface area contributed by atoms with Gasteiger partial charge in [0.1, 0.15) is 11.5 Å². The minimum absolute atomic E-state index is 0.0843. The third-order valence-corrected chi connectivity index (χ3v) is 6.19. The van der Waals surface area contributed by atoms with Crippen LogP contribution in [-0.4, -0.2) is 46.3 Å². The SMILES string of the molecule is CSc1ccccc1C(=O)N1CCC(c2cc(C(=O)NCc3ccco3)n[nH]2)CC1. The van der Waals surface area contributed by atoms with Gasteiger partial charge >= 0.3 is 0 Å². The van der Waals surface area contributed by atoms with Crippen molar-refractivity contribution in [3.63, 3.8) is 0 Å². The van der Waals surface area contributed by atoms with Crippen LogP contribution in [0.1, 0.15) is 51.1 Å². The van der Waals surface area contributed by atoms with Gasteiger partial charge in [-0.15, -0.1) is 11.8 Å². The molecule has 0 radical (unpaired) electrons. The van der Waals surface area contributed by atoms with Gasteiger partial charge in [-0.2, -0.15) is 5.10 Å². The van der Waals surface area contributed by atoms with E-state index < -0.39 is 0 Å². The molecule has 3 aromatic rings. The normalized spacial score (nSPS) is 14.6. The minimum atomic E-state index is -0.241. The van der Waals surface area contributed by atoms with Crippen LogP contribution in [0.2, 0.25) is 0 Å². The number of rotatable bonds is 6. The van der Waals surface area contributed by atoms with Gasteiger partial charge in [-0.05, 0) is 49.4 Å². The van der Waals surface area contributed by atoms with Crippen molar-refractivity contribution >= 4 is 23.6 Å². The molecule has 1 aliphatic rings. The Morgan fingerprint density at radius 3 is 2.77 bits per heavy atom. The number of piperidine rings is 1. The van der Waals surface area contributed by atoms with Crippen molar-refractivity contribution in [3.05, 3.63) is 71.4 Å². The number of carbonyl (C=O) groups is 2. The van der Waals surface area contributed by atoms with Gasteiger partial charge in [0.2, 0.25) is 0 Å². The van der Waals surface area contributed by atoms with E-state index in [1.54, 1.807) is 24.1 Å². The van der Waals surface area contributed by atoms with E-state index in [2.05, 4.69) is 15.5 Å². The van der Waals surface area contributed by atoms with Gasteiger partial charge in [0.15, 0.2) is 0 Å². The Morgan fingerprint density at radius 2 is 2.03 bits per heavy atom. The van der Waals surface area contributed by atoms with E-state index in [-0.39, 0.29) is 17.7 Å². The third-order valence-electron chi connectivity index (χ3n) is 5.39. The number of nitrogens with zero attached hydrogens (tertiary/aromatic N) is 2. The van der Waals surface area contributed by atoms with E-state index in [1.807, 2.05) is 47.6 Å². The van der Waals surface area contributed by atoms with Crippen LogP contribution in [-0.2, 0) is 6.54 Å². The molecule has 0 unspecified atom stereocenters. The van der Waals surface area contributed by atoms with Gasteiger partial charge in [0.05, 0.1) is 18.4 Å². The van der Waals surface area contributed by atoms with Gasteiger partial charge < -0.3 is 14.6 Å². The Kier molecular flexibility index (Phi) is 6.23. The molecular weight excluding hydrogens is 400 g/mol. The summed E-state index contributed by atoms with van der Waals surface area (Å²) in [5.74, 6) is 0.791. The molecule has 4 rings (SSSR count). The second kappa shape index (κ2) is 9.21. The molecule has 156 valence electrons. The van der Waals surface area contributed by atoms with Gasteiger partial charge in [-0.3, -0.25) is 14.7 Å². The number of benzene rings is 1. The fourth-order valence-corrected chi connectivity index (χ4v) is 4.31. The van der Waals surface area contributed by atoms with Crippen LogP contribution < -0.4 is 5.32 Å². The maximum atomic E-state index is 12.9. The van der Waals surface area contributed by atoms with Crippen molar-refractivity contribution in [1.29, 1.82) is 0 Å². The number of hydrogen-bond acceptors (Lipinski definition) is 5. The van der Waals surface area contributed by atoms with E-state index in [4.69, 9.17) is 4.42 Å². The highest BCUT2D eigenvalue weighted by molar-refractivity contribution is 7.98. The highest BCUT2D eigenvalue weighted by atomic mass is 32.2. The molecule has 1 aromatic carbocycles. The highest BCUT2D eigenvalue weighted by Crippen LogP contribution is 2.29. The van der Waals surface area contributed by atoms with Crippen LogP contribution in [0, 0.1) is 0 Å². The quantitative estimate of drug-likeness (QED) is 0.589. The van der Waals surface area contributed by atoms with E-state index in [1.165, 1.54) is 0 Å². The van der Waals surface area contributed by atoms with Gasteiger partial charge in [0, 0.05) is 29.6 Å². The van der Waals surface area contributed by atoms with Gasteiger partial charge in [0.25, 0.3) is 11.8 Å². The first-order valence-electron chi connectivity index (χ1n) is 9.94.